The van der Waals surface area contributed by atoms with Crippen LogP contribution in [0.3, 0.4) is 0 Å². The number of aliphatic imine (C=N–C) groups is 1. The maximum atomic E-state index is 13.2. The Morgan fingerprint density at radius 3 is 2.69 bits per heavy atom. The van der Waals surface area contributed by atoms with Crippen LogP contribution < -0.4 is 4.72 Å². The van der Waals surface area contributed by atoms with Crippen LogP contribution in [0, 0.1) is 5.82 Å². The van der Waals surface area contributed by atoms with E-state index in [9.17, 15) is 12.8 Å². The number of rotatable bonds is 4. The molecule has 2 aliphatic rings. The van der Waals surface area contributed by atoms with Gasteiger partial charge in [-0.1, -0.05) is 35.5 Å². The minimum atomic E-state index is -3.85. The minimum absolute atomic E-state index is 0.0965. The Labute approximate surface area is 159 Å². The highest BCUT2D eigenvalue weighted by Crippen LogP contribution is 2.35. The van der Waals surface area contributed by atoms with Gasteiger partial charge in [-0.3, -0.25) is 9.71 Å². The molecule has 2 aromatic carbocycles. The van der Waals surface area contributed by atoms with Crippen LogP contribution in [0.2, 0.25) is 5.02 Å². The molecule has 134 valence electrons. The van der Waals surface area contributed by atoms with E-state index in [-0.39, 0.29) is 9.92 Å². The third-order valence-electron chi connectivity index (χ3n) is 4.00. The Balaban J connectivity index is 1.54. The zero-order valence-electron chi connectivity index (χ0n) is 13.3. The third-order valence-corrected chi connectivity index (χ3v) is 6.57. The molecular formula is C17H13ClFN3O2S2. The van der Waals surface area contributed by atoms with Crippen LogP contribution in [0.4, 0.5) is 10.1 Å². The Hall–Kier alpha value is -2.03. The van der Waals surface area contributed by atoms with Crippen molar-refractivity contribution in [1.82, 2.24) is 4.90 Å². The van der Waals surface area contributed by atoms with Crippen molar-refractivity contribution in [3.8, 4) is 0 Å². The van der Waals surface area contributed by atoms with E-state index in [0.717, 1.165) is 41.7 Å². The van der Waals surface area contributed by atoms with Crippen molar-refractivity contribution in [2.24, 2.45) is 4.99 Å². The van der Waals surface area contributed by atoms with E-state index in [2.05, 4.69) is 14.6 Å². The summed E-state index contributed by atoms with van der Waals surface area (Å²) in [7, 11) is -3.85. The molecule has 5 nitrogen and oxygen atoms in total. The summed E-state index contributed by atoms with van der Waals surface area (Å²) in [5.74, 6) is -0.664. The van der Waals surface area contributed by atoms with E-state index in [1.807, 2.05) is 17.5 Å². The minimum Gasteiger partial charge on any atom is -0.318 e. The van der Waals surface area contributed by atoms with Gasteiger partial charge in [-0.2, -0.15) is 0 Å². The molecule has 0 spiro atoms. The molecule has 0 aliphatic carbocycles. The standard InChI is InChI=1S/C17H13ClFN3O2S2/c18-14-9-13(5-6-15(14)19)26(23,24)21-12-3-1-11(2-4-12)16-10-25-17-20-7-8-22(16)17/h1-6,9-10,21H,7-8H2. The number of thioether (sulfide) groups is 1. The Morgan fingerprint density at radius 1 is 1.19 bits per heavy atom. The lowest BCUT2D eigenvalue weighted by molar-refractivity contribution is 0.599. The first-order valence-corrected chi connectivity index (χ1v) is 10.5. The predicted molar refractivity (Wildman–Crippen MR) is 103 cm³/mol. The summed E-state index contributed by atoms with van der Waals surface area (Å²) in [5, 5.41) is 2.80. The van der Waals surface area contributed by atoms with Crippen molar-refractivity contribution in [3.63, 3.8) is 0 Å². The van der Waals surface area contributed by atoms with Gasteiger partial charge in [0.1, 0.15) is 5.82 Å². The van der Waals surface area contributed by atoms with Gasteiger partial charge in [0.15, 0.2) is 5.17 Å². The molecule has 26 heavy (non-hydrogen) atoms. The topological polar surface area (TPSA) is 61.8 Å². The van der Waals surface area contributed by atoms with Crippen LogP contribution in [0.1, 0.15) is 5.56 Å². The van der Waals surface area contributed by atoms with Gasteiger partial charge in [-0.25, -0.2) is 12.8 Å². The summed E-state index contributed by atoms with van der Waals surface area (Å²) in [6, 6.07) is 10.4. The predicted octanol–water partition coefficient (Wildman–Crippen LogP) is 4.00. The van der Waals surface area contributed by atoms with Crippen LogP contribution in [0.15, 0.2) is 57.8 Å². The maximum Gasteiger partial charge on any atom is 0.261 e. The molecular weight excluding hydrogens is 397 g/mol. The summed E-state index contributed by atoms with van der Waals surface area (Å²) in [4.78, 5) is 6.46. The first-order chi connectivity index (χ1) is 12.4. The summed E-state index contributed by atoms with van der Waals surface area (Å²) in [6.07, 6.45) is 0. The Morgan fingerprint density at radius 2 is 1.96 bits per heavy atom. The quantitative estimate of drug-likeness (QED) is 0.829. The summed E-state index contributed by atoms with van der Waals surface area (Å²) < 4.78 is 40.6. The molecule has 0 fully saturated rings. The fourth-order valence-electron chi connectivity index (χ4n) is 2.71. The average molecular weight is 410 g/mol. The second kappa shape index (κ2) is 6.61. The first kappa shape index (κ1) is 17.4. The molecule has 0 bridgehead atoms. The summed E-state index contributed by atoms with van der Waals surface area (Å²) in [6.45, 7) is 1.64. The third kappa shape index (κ3) is 3.20. The second-order valence-corrected chi connectivity index (χ2v) is 8.62. The molecule has 0 amide bonds. The molecule has 0 unspecified atom stereocenters. The SMILES string of the molecule is O=S(=O)(Nc1ccc(C2=CSC3=NCCN23)cc1)c1ccc(F)c(Cl)c1. The number of nitrogens with one attached hydrogen (secondary N) is 1. The van der Waals surface area contributed by atoms with E-state index in [0.29, 0.717) is 5.69 Å². The lowest BCUT2D eigenvalue weighted by atomic mass is 10.1. The number of amidine groups is 1. The highest BCUT2D eigenvalue weighted by atomic mass is 35.5. The van der Waals surface area contributed by atoms with Gasteiger partial charge in [0, 0.05) is 17.6 Å². The van der Waals surface area contributed by atoms with Gasteiger partial charge >= 0.3 is 0 Å². The lowest BCUT2D eigenvalue weighted by Crippen LogP contribution is -2.19. The zero-order chi connectivity index (χ0) is 18.3. The van der Waals surface area contributed by atoms with Crippen molar-refractivity contribution in [2.45, 2.75) is 4.90 Å². The van der Waals surface area contributed by atoms with Crippen molar-refractivity contribution >= 4 is 49.9 Å². The van der Waals surface area contributed by atoms with Crippen molar-refractivity contribution in [3.05, 3.63) is 64.3 Å². The molecule has 0 radical (unpaired) electrons. The van der Waals surface area contributed by atoms with Gasteiger partial charge < -0.3 is 4.90 Å². The monoisotopic (exact) mass is 409 g/mol. The Bertz CT molecular complexity index is 1040. The summed E-state index contributed by atoms with van der Waals surface area (Å²) >= 11 is 7.26. The van der Waals surface area contributed by atoms with Crippen LogP contribution in [-0.2, 0) is 10.0 Å². The normalized spacial score (nSPS) is 16.3. The molecule has 2 aliphatic heterocycles. The van der Waals surface area contributed by atoms with Gasteiger partial charge in [-0.05, 0) is 35.9 Å². The molecule has 0 aromatic heterocycles. The lowest BCUT2D eigenvalue weighted by Gasteiger charge is -2.17. The van der Waals surface area contributed by atoms with Gasteiger partial charge in [0.2, 0.25) is 0 Å². The first-order valence-electron chi connectivity index (χ1n) is 7.71. The van der Waals surface area contributed by atoms with Crippen LogP contribution in [0.25, 0.3) is 5.70 Å². The summed E-state index contributed by atoms with van der Waals surface area (Å²) in [5.41, 5.74) is 2.46. The highest BCUT2D eigenvalue weighted by molar-refractivity contribution is 8.16. The maximum absolute atomic E-state index is 13.2. The highest BCUT2D eigenvalue weighted by Gasteiger charge is 2.27. The number of nitrogens with zero attached hydrogens (tertiary/aromatic N) is 2. The van der Waals surface area contributed by atoms with Gasteiger partial charge in [-0.15, -0.1) is 0 Å². The van der Waals surface area contributed by atoms with Crippen molar-refractivity contribution in [1.29, 1.82) is 0 Å². The second-order valence-electron chi connectivity index (χ2n) is 5.70. The van der Waals surface area contributed by atoms with E-state index >= 15 is 0 Å². The fourth-order valence-corrected chi connectivity index (χ4v) is 5.01. The van der Waals surface area contributed by atoms with E-state index < -0.39 is 15.8 Å². The number of hydrogen-bond acceptors (Lipinski definition) is 5. The van der Waals surface area contributed by atoms with Crippen molar-refractivity contribution in [2.75, 3.05) is 17.8 Å². The van der Waals surface area contributed by atoms with Crippen LogP contribution >= 0.6 is 23.4 Å². The smallest absolute Gasteiger partial charge is 0.261 e. The molecule has 0 saturated carbocycles. The fraction of sp³-hybridized carbons (Fsp3) is 0.118. The molecule has 4 rings (SSSR count). The molecule has 9 heteroatoms. The Kier molecular flexibility index (Phi) is 4.42. The zero-order valence-corrected chi connectivity index (χ0v) is 15.7. The van der Waals surface area contributed by atoms with Crippen LogP contribution in [0.5, 0.6) is 0 Å². The number of benzene rings is 2. The number of anilines is 1. The molecule has 1 N–H and O–H groups in total. The van der Waals surface area contributed by atoms with E-state index in [1.165, 1.54) is 6.07 Å². The molecule has 0 saturated heterocycles. The number of fused-ring (bicyclic) bond motifs is 1. The number of halogens is 2. The van der Waals surface area contributed by atoms with E-state index in [4.69, 9.17) is 11.6 Å². The molecule has 2 aromatic rings. The molecule has 2 heterocycles. The van der Waals surface area contributed by atoms with Crippen LogP contribution in [-0.4, -0.2) is 31.6 Å². The number of hydrogen-bond donors (Lipinski definition) is 1. The molecule has 0 atom stereocenters. The van der Waals surface area contributed by atoms with Gasteiger partial charge in [0.25, 0.3) is 10.0 Å². The average Bonchev–Trinajstić information content (AvgIpc) is 3.21. The van der Waals surface area contributed by atoms with E-state index in [1.54, 1.807) is 23.9 Å². The number of sulfonamides is 1. The largest absolute Gasteiger partial charge is 0.318 e. The van der Waals surface area contributed by atoms with Gasteiger partial charge in [0.05, 0.1) is 22.2 Å². The van der Waals surface area contributed by atoms with Crippen molar-refractivity contribution < 1.29 is 12.8 Å².